The van der Waals surface area contributed by atoms with Gasteiger partial charge in [0, 0.05) is 11.1 Å². The van der Waals surface area contributed by atoms with Crippen LogP contribution in [0.25, 0.3) is 5.69 Å². The van der Waals surface area contributed by atoms with Crippen LogP contribution >= 0.6 is 11.6 Å². The zero-order valence-corrected chi connectivity index (χ0v) is 16.0. The number of hydrogen-bond donors (Lipinski definition) is 0. The van der Waals surface area contributed by atoms with E-state index in [0.717, 1.165) is 22.5 Å². The average molecular weight is 369 g/mol. The number of carbonyl (C=O) groups is 1. The molecular weight excluding hydrogens is 348 g/mol. The van der Waals surface area contributed by atoms with Crippen LogP contribution in [0, 0.1) is 13.8 Å². The number of esters is 1. The van der Waals surface area contributed by atoms with Crippen molar-refractivity contribution in [1.82, 2.24) is 9.78 Å². The minimum absolute atomic E-state index is 0.217. The summed E-state index contributed by atoms with van der Waals surface area (Å²) < 4.78 is 7.37. The summed E-state index contributed by atoms with van der Waals surface area (Å²) in [5.41, 5.74) is 4.45. The van der Waals surface area contributed by atoms with Crippen LogP contribution in [-0.4, -0.2) is 15.7 Å². The van der Waals surface area contributed by atoms with E-state index >= 15 is 0 Å². The Labute approximate surface area is 158 Å². The zero-order valence-electron chi connectivity index (χ0n) is 15.3. The highest BCUT2D eigenvalue weighted by molar-refractivity contribution is 6.30. The molecule has 2 aromatic carbocycles. The maximum Gasteiger partial charge on any atom is 0.344 e. The molecule has 0 aliphatic heterocycles. The summed E-state index contributed by atoms with van der Waals surface area (Å²) in [6.07, 6.45) is 0. The second kappa shape index (κ2) is 7.34. The van der Waals surface area contributed by atoms with E-state index in [2.05, 4.69) is 18.9 Å². The van der Waals surface area contributed by atoms with E-state index in [4.69, 9.17) is 16.3 Å². The molecule has 0 spiro atoms. The zero-order chi connectivity index (χ0) is 18.8. The SMILES string of the molecule is Cc1cccc(-n2nc(C(C)C)cc2OC(=O)c2ccc(Cl)cc2)c1C. The first-order valence-electron chi connectivity index (χ1n) is 8.51. The summed E-state index contributed by atoms with van der Waals surface area (Å²) in [6.45, 7) is 8.19. The lowest BCUT2D eigenvalue weighted by Gasteiger charge is -2.12. The quantitative estimate of drug-likeness (QED) is 0.572. The Hall–Kier alpha value is -2.59. The third kappa shape index (κ3) is 3.65. The fourth-order valence-electron chi connectivity index (χ4n) is 2.61. The number of hydrogen-bond acceptors (Lipinski definition) is 3. The second-order valence-electron chi connectivity index (χ2n) is 6.59. The predicted octanol–water partition coefficient (Wildman–Crippen LogP) is 5.49. The number of aromatic nitrogens is 2. The first kappa shape index (κ1) is 18.2. The van der Waals surface area contributed by atoms with E-state index in [0.29, 0.717) is 16.5 Å². The molecule has 0 unspecified atom stereocenters. The molecular formula is C21H21ClN2O2. The lowest BCUT2D eigenvalue weighted by molar-refractivity contribution is 0.0723. The van der Waals surface area contributed by atoms with Gasteiger partial charge in [0.15, 0.2) is 0 Å². The van der Waals surface area contributed by atoms with Gasteiger partial charge in [-0.15, -0.1) is 0 Å². The van der Waals surface area contributed by atoms with E-state index in [-0.39, 0.29) is 5.92 Å². The Balaban J connectivity index is 2.02. The van der Waals surface area contributed by atoms with Crippen LogP contribution in [0.4, 0.5) is 0 Å². The van der Waals surface area contributed by atoms with Crippen LogP contribution in [0.5, 0.6) is 5.88 Å². The van der Waals surface area contributed by atoms with Gasteiger partial charge in [-0.25, -0.2) is 9.48 Å². The van der Waals surface area contributed by atoms with Gasteiger partial charge in [0.25, 0.3) is 0 Å². The molecule has 0 amide bonds. The number of halogens is 1. The molecule has 26 heavy (non-hydrogen) atoms. The molecule has 0 aliphatic rings. The molecule has 0 saturated heterocycles. The number of rotatable bonds is 4. The topological polar surface area (TPSA) is 44.1 Å². The maximum absolute atomic E-state index is 12.5. The van der Waals surface area contributed by atoms with Crippen molar-refractivity contribution in [2.75, 3.05) is 0 Å². The second-order valence-corrected chi connectivity index (χ2v) is 7.03. The van der Waals surface area contributed by atoms with Gasteiger partial charge >= 0.3 is 5.97 Å². The lowest BCUT2D eigenvalue weighted by Crippen LogP contribution is -2.12. The largest absolute Gasteiger partial charge is 0.404 e. The molecule has 0 atom stereocenters. The highest BCUT2D eigenvalue weighted by Crippen LogP contribution is 2.27. The fraction of sp³-hybridized carbons (Fsp3) is 0.238. The molecule has 3 aromatic rings. The van der Waals surface area contributed by atoms with Gasteiger partial charge < -0.3 is 4.74 Å². The maximum atomic E-state index is 12.5. The molecule has 0 radical (unpaired) electrons. The summed E-state index contributed by atoms with van der Waals surface area (Å²) in [4.78, 5) is 12.5. The van der Waals surface area contributed by atoms with Crippen molar-refractivity contribution in [3.8, 4) is 11.6 Å². The standard InChI is InChI=1S/C21H21ClN2O2/c1-13(2)18-12-20(26-21(25)16-8-10-17(22)11-9-16)24(23-18)19-7-5-6-14(3)15(19)4/h5-13H,1-4H3. The van der Waals surface area contributed by atoms with Crippen molar-refractivity contribution in [3.63, 3.8) is 0 Å². The van der Waals surface area contributed by atoms with Crippen LogP contribution in [-0.2, 0) is 0 Å². The van der Waals surface area contributed by atoms with Crippen molar-refractivity contribution in [1.29, 1.82) is 0 Å². The highest BCUT2D eigenvalue weighted by atomic mass is 35.5. The average Bonchev–Trinajstić information content (AvgIpc) is 3.02. The van der Waals surface area contributed by atoms with Gasteiger partial charge in [-0.1, -0.05) is 37.6 Å². The molecule has 4 nitrogen and oxygen atoms in total. The van der Waals surface area contributed by atoms with Crippen molar-refractivity contribution in [2.24, 2.45) is 0 Å². The third-order valence-corrected chi connectivity index (χ3v) is 4.62. The Morgan fingerprint density at radius 1 is 1.12 bits per heavy atom. The minimum Gasteiger partial charge on any atom is -0.404 e. The lowest BCUT2D eigenvalue weighted by atomic mass is 10.1. The van der Waals surface area contributed by atoms with Crippen LogP contribution in [0.1, 0.15) is 46.9 Å². The summed E-state index contributed by atoms with van der Waals surface area (Å²) in [5, 5.41) is 5.23. The van der Waals surface area contributed by atoms with E-state index < -0.39 is 5.97 Å². The number of carbonyl (C=O) groups excluding carboxylic acids is 1. The third-order valence-electron chi connectivity index (χ3n) is 4.37. The van der Waals surface area contributed by atoms with Crippen LogP contribution in [0.2, 0.25) is 5.02 Å². The van der Waals surface area contributed by atoms with Crippen LogP contribution in [0.15, 0.2) is 48.5 Å². The molecule has 0 saturated carbocycles. The minimum atomic E-state index is -0.441. The Morgan fingerprint density at radius 2 is 1.81 bits per heavy atom. The van der Waals surface area contributed by atoms with E-state index in [1.807, 2.05) is 38.1 Å². The number of ether oxygens (including phenoxy) is 1. The number of nitrogens with zero attached hydrogens (tertiary/aromatic N) is 2. The van der Waals surface area contributed by atoms with Crippen molar-refractivity contribution in [2.45, 2.75) is 33.6 Å². The summed E-state index contributed by atoms with van der Waals surface area (Å²) in [5.74, 6) is 0.181. The molecule has 134 valence electrons. The van der Waals surface area contributed by atoms with Gasteiger partial charge in [0.1, 0.15) is 0 Å². The predicted molar refractivity (Wildman–Crippen MR) is 104 cm³/mol. The van der Waals surface area contributed by atoms with Crippen molar-refractivity contribution in [3.05, 3.63) is 75.9 Å². The van der Waals surface area contributed by atoms with E-state index in [9.17, 15) is 4.79 Å². The molecule has 3 rings (SSSR count). The summed E-state index contributed by atoms with van der Waals surface area (Å²) in [7, 11) is 0. The first-order valence-corrected chi connectivity index (χ1v) is 8.89. The Bertz CT molecular complexity index is 943. The van der Waals surface area contributed by atoms with Crippen LogP contribution < -0.4 is 4.74 Å². The normalized spacial score (nSPS) is 11.0. The molecule has 1 aromatic heterocycles. The summed E-state index contributed by atoms with van der Waals surface area (Å²) in [6, 6.07) is 14.4. The molecule has 0 bridgehead atoms. The molecule has 0 fully saturated rings. The van der Waals surface area contributed by atoms with Gasteiger partial charge in [-0.3, -0.25) is 0 Å². The Morgan fingerprint density at radius 3 is 2.46 bits per heavy atom. The van der Waals surface area contributed by atoms with Crippen molar-refractivity contribution < 1.29 is 9.53 Å². The highest BCUT2D eigenvalue weighted by Gasteiger charge is 2.18. The van der Waals surface area contributed by atoms with E-state index in [1.165, 1.54) is 0 Å². The monoisotopic (exact) mass is 368 g/mol. The van der Waals surface area contributed by atoms with Gasteiger partial charge in [0.05, 0.1) is 16.9 Å². The van der Waals surface area contributed by atoms with E-state index in [1.54, 1.807) is 28.9 Å². The summed E-state index contributed by atoms with van der Waals surface area (Å²) >= 11 is 5.89. The molecule has 5 heteroatoms. The Kier molecular flexibility index (Phi) is 5.14. The van der Waals surface area contributed by atoms with Gasteiger partial charge in [-0.05, 0) is 61.2 Å². The van der Waals surface area contributed by atoms with Crippen LogP contribution in [0.3, 0.4) is 0 Å². The van der Waals surface area contributed by atoms with Gasteiger partial charge in [0.2, 0.25) is 5.88 Å². The number of benzene rings is 2. The first-order chi connectivity index (χ1) is 12.4. The molecule has 0 aliphatic carbocycles. The molecule has 0 N–H and O–H groups in total. The van der Waals surface area contributed by atoms with Gasteiger partial charge in [-0.2, -0.15) is 5.10 Å². The fourth-order valence-corrected chi connectivity index (χ4v) is 2.74. The number of aryl methyl sites for hydroxylation is 1. The molecule has 1 heterocycles. The van der Waals surface area contributed by atoms with Crippen molar-refractivity contribution >= 4 is 17.6 Å². The smallest absolute Gasteiger partial charge is 0.344 e.